The van der Waals surface area contributed by atoms with Crippen molar-refractivity contribution in [2.45, 2.75) is 13.3 Å². The van der Waals surface area contributed by atoms with E-state index >= 15 is 0 Å². The Balaban J connectivity index is 1.90. The summed E-state index contributed by atoms with van der Waals surface area (Å²) in [7, 11) is 0. The maximum absolute atomic E-state index is 2.44. The summed E-state index contributed by atoms with van der Waals surface area (Å²) in [4.78, 5) is 0. The molecule has 1 heterocycles. The van der Waals surface area contributed by atoms with Crippen molar-refractivity contribution in [1.29, 1.82) is 0 Å². The molecule has 0 saturated heterocycles. The van der Waals surface area contributed by atoms with Crippen molar-refractivity contribution in [1.82, 2.24) is 0 Å². The zero-order valence-corrected chi connectivity index (χ0v) is 15.2. The number of thiophene rings is 1. The second-order valence-corrected chi connectivity index (χ2v) is 7.72. The number of aryl methyl sites for hydroxylation is 1. The Morgan fingerprint density at radius 1 is 0.864 bits per heavy atom. The topological polar surface area (TPSA) is 0 Å². The van der Waals surface area contributed by atoms with Crippen LogP contribution in [0.1, 0.15) is 12.5 Å². The van der Waals surface area contributed by atoms with Crippen LogP contribution in [0.15, 0.2) is 60.7 Å². The molecule has 3 aromatic carbocycles. The van der Waals surface area contributed by atoms with Crippen molar-refractivity contribution in [2.24, 2.45) is 0 Å². The standard InChI is InChI=1S/C20H15IS/c1-2-13-6-8-14(9-7-13)15-10-11-16-19(12-15)22-18-5-3-4-17(21)20(16)18/h3-12H,2H2,1H3. The van der Waals surface area contributed by atoms with Crippen LogP contribution in [-0.4, -0.2) is 0 Å². The van der Waals surface area contributed by atoms with Gasteiger partial charge in [-0.2, -0.15) is 0 Å². The van der Waals surface area contributed by atoms with Gasteiger partial charge in [-0.25, -0.2) is 0 Å². The summed E-state index contributed by atoms with van der Waals surface area (Å²) in [6.45, 7) is 2.19. The van der Waals surface area contributed by atoms with Gasteiger partial charge in [0.05, 0.1) is 0 Å². The first-order chi connectivity index (χ1) is 10.8. The van der Waals surface area contributed by atoms with E-state index in [-0.39, 0.29) is 0 Å². The third-order valence-corrected chi connectivity index (χ3v) is 6.16. The van der Waals surface area contributed by atoms with Gasteiger partial charge in [0.15, 0.2) is 0 Å². The Morgan fingerprint density at radius 2 is 1.64 bits per heavy atom. The first-order valence-corrected chi connectivity index (χ1v) is 9.36. The zero-order valence-electron chi connectivity index (χ0n) is 12.3. The van der Waals surface area contributed by atoms with E-state index in [1.807, 2.05) is 11.3 Å². The summed E-state index contributed by atoms with van der Waals surface area (Å²) >= 11 is 4.33. The van der Waals surface area contributed by atoms with Gasteiger partial charge >= 0.3 is 0 Å². The van der Waals surface area contributed by atoms with Gasteiger partial charge in [-0.1, -0.05) is 49.4 Å². The Kier molecular flexibility index (Phi) is 3.66. The van der Waals surface area contributed by atoms with Gasteiger partial charge in [0.25, 0.3) is 0 Å². The van der Waals surface area contributed by atoms with Gasteiger partial charge in [-0.15, -0.1) is 11.3 Å². The van der Waals surface area contributed by atoms with Crippen LogP contribution >= 0.6 is 33.9 Å². The fourth-order valence-electron chi connectivity index (χ4n) is 2.90. The molecule has 0 aliphatic rings. The van der Waals surface area contributed by atoms with Crippen LogP contribution in [0.5, 0.6) is 0 Å². The highest BCUT2D eigenvalue weighted by molar-refractivity contribution is 14.1. The van der Waals surface area contributed by atoms with E-state index in [1.54, 1.807) is 0 Å². The molecule has 0 saturated carbocycles. The molecule has 0 amide bonds. The molecule has 2 heteroatoms. The molecule has 0 nitrogen and oxygen atoms in total. The van der Waals surface area contributed by atoms with Gasteiger partial charge < -0.3 is 0 Å². The SMILES string of the molecule is CCc1ccc(-c2ccc3c(c2)sc2cccc(I)c23)cc1. The third kappa shape index (κ3) is 2.34. The smallest absolute Gasteiger partial charge is 0.0366 e. The molecule has 1 aromatic heterocycles. The fourth-order valence-corrected chi connectivity index (χ4v) is 5.04. The van der Waals surface area contributed by atoms with E-state index < -0.39 is 0 Å². The minimum Gasteiger partial charge on any atom is -0.135 e. The molecule has 0 radical (unpaired) electrons. The molecule has 0 fully saturated rings. The summed E-state index contributed by atoms with van der Waals surface area (Å²) in [5.74, 6) is 0. The molecule has 0 aliphatic heterocycles. The van der Waals surface area contributed by atoms with Crippen molar-refractivity contribution in [3.05, 3.63) is 69.8 Å². The number of fused-ring (bicyclic) bond motifs is 3. The van der Waals surface area contributed by atoms with Gasteiger partial charge in [-0.3, -0.25) is 0 Å². The van der Waals surface area contributed by atoms with Crippen LogP contribution in [0.25, 0.3) is 31.3 Å². The van der Waals surface area contributed by atoms with Gasteiger partial charge in [0, 0.05) is 23.7 Å². The third-order valence-electron chi connectivity index (χ3n) is 4.14. The minimum atomic E-state index is 1.09. The van der Waals surface area contributed by atoms with Gasteiger partial charge in [0.2, 0.25) is 0 Å². The average molecular weight is 414 g/mol. The molecule has 4 rings (SSSR count). The van der Waals surface area contributed by atoms with E-state index in [9.17, 15) is 0 Å². The van der Waals surface area contributed by atoms with Crippen molar-refractivity contribution in [3.63, 3.8) is 0 Å². The second kappa shape index (κ2) is 5.67. The number of halogens is 1. The molecular formula is C20H15IS. The Morgan fingerprint density at radius 3 is 2.41 bits per heavy atom. The Bertz CT molecular complexity index is 964. The lowest BCUT2D eigenvalue weighted by Gasteiger charge is -2.04. The van der Waals surface area contributed by atoms with E-state index in [0.717, 1.165) is 6.42 Å². The van der Waals surface area contributed by atoms with Crippen molar-refractivity contribution in [3.8, 4) is 11.1 Å². The molecule has 22 heavy (non-hydrogen) atoms. The Hall–Kier alpha value is -1.39. The van der Waals surface area contributed by atoms with Crippen LogP contribution in [0.3, 0.4) is 0 Å². The summed E-state index contributed by atoms with van der Waals surface area (Å²) in [6.07, 6.45) is 1.09. The van der Waals surface area contributed by atoms with Crippen molar-refractivity contribution in [2.75, 3.05) is 0 Å². The first kappa shape index (κ1) is 14.2. The second-order valence-electron chi connectivity index (χ2n) is 5.48. The lowest BCUT2D eigenvalue weighted by atomic mass is 10.0. The number of hydrogen-bond donors (Lipinski definition) is 0. The fraction of sp³-hybridized carbons (Fsp3) is 0.100. The van der Waals surface area contributed by atoms with Crippen LogP contribution in [0.4, 0.5) is 0 Å². The number of rotatable bonds is 2. The number of benzene rings is 3. The summed E-state index contributed by atoms with van der Waals surface area (Å²) in [5, 5.41) is 2.77. The lowest BCUT2D eigenvalue weighted by molar-refractivity contribution is 1.14. The molecule has 108 valence electrons. The van der Waals surface area contributed by atoms with E-state index in [2.05, 4.69) is 90.2 Å². The minimum absolute atomic E-state index is 1.09. The van der Waals surface area contributed by atoms with Gasteiger partial charge in [0.1, 0.15) is 0 Å². The largest absolute Gasteiger partial charge is 0.135 e. The normalized spacial score (nSPS) is 11.4. The maximum atomic E-state index is 2.44. The lowest BCUT2D eigenvalue weighted by Crippen LogP contribution is -1.81. The maximum Gasteiger partial charge on any atom is 0.0366 e. The molecular weight excluding hydrogens is 399 g/mol. The zero-order chi connectivity index (χ0) is 15.1. The van der Waals surface area contributed by atoms with E-state index in [0.29, 0.717) is 0 Å². The van der Waals surface area contributed by atoms with Crippen LogP contribution in [-0.2, 0) is 6.42 Å². The highest BCUT2D eigenvalue weighted by Gasteiger charge is 2.09. The molecule has 0 unspecified atom stereocenters. The molecule has 0 spiro atoms. The predicted molar refractivity (Wildman–Crippen MR) is 107 cm³/mol. The predicted octanol–water partition coefficient (Wildman–Crippen LogP) is 6.89. The molecule has 0 aliphatic carbocycles. The monoisotopic (exact) mass is 414 g/mol. The summed E-state index contributed by atoms with van der Waals surface area (Å²) in [6, 6.07) is 22.3. The highest BCUT2D eigenvalue weighted by atomic mass is 127. The van der Waals surface area contributed by atoms with Crippen LogP contribution < -0.4 is 0 Å². The number of hydrogen-bond acceptors (Lipinski definition) is 1. The van der Waals surface area contributed by atoms with Crippen molar-refractivity contribution >= 4 is 54.1 Å². The van der Waals surface area contributed by atoms with E-state index in [1.165, 1.54) is 40.4 Å². The molecule has 0 N–H and O–H groups in total. The van der Waals surface area contributed by atoms with E-state index in [4.69, 9.17) is 0 Å². The molecule has 0 bridgehead atoms. The van der Waals surface area contributed by atoms with Crippen LogP contribution in [0, 0.1) is 3.57 Å². The highest BCUT2D eigenvalue weighted by Crippen LogP contribution is 2.38. The Labute approximate surface area is 147 Å². The summed E-state index contributed by atoms with van der Waals surface area (Å²) < 4.78 is 4.08. The van der Waals surface area contributed by atoms with Crippen molar-refractivity contribution < 1.29 is 0 Å². The van der Waals surface area contributed by atoms with Crippen LogP contribution in [0.2, 0.25) is 0 Å². The average Bonchev–Trinajstić information content (AvgIpc) is 2.93. The molecule has 4 aromatic rings. The van der Waals surface area contributed by atoms with Gasteiger partial charge in [-0.05, 0) is 63.9 Å². The quantitative estimate of drug-likeness (QED) is 0.314. The molecule has 0 atom stereocenters. The summed E-state index contributed by atoms with van der Waals surface area (Å²) in [5.41, 5.74) is 3.99. The first-order valence-electron chi connectivity index (χ1n) is 7.46.